The van der Waals surface area contributed by atoms with Gasteiger partial charge in [0.25, 0.3) is 0 Å². The van der Waals surface area contributed by atoms with E-state index in [9.17, 15) is 4.79 Å². The Kier molecular flexibility index (Phi) is 6.68. The van der Waals surface area contributed by atoms with Gasteiger partial charge in [-0.15, -0.1) is 0 Å². The van der Waals surface area contributed by atoms with E-state index in [2.05, 4.69) is 17.4 Å². The zero-order valence-electron chi connectivity index (χ0n) is 16.3. The number of rotatable bonds is 8. The Bertz CT molecular complexity index is 908. The lowest BCUT2D eigenvalue weighted by Crippen LogP contribution is -2.11. The summed E-state index contributed by atoms with van der Waals surface area (Å²) in [6, 6.07) is 24.3. The average Bonchev–Trinajstić information content (AvgIpc) is 2.75. The number of esters is 1. The summed E-state index contributed by atoms with van der Waals surface area (Å²) in [5, 5.41) is 3.45. The Labute approximate surface area is 166 Å². The van der Waals surface area contributed by atoms with E-state index in [4.69, 9.17) is 9.47 Å². The third-order valence-electron chi connectivity index (χ3n) is 4.67. The van der Waals surface area contributed by atoms with Gasteiger partial charge in [-0.2, -0.15) is 0 Å². The van der Waals surface area contributed by atoms with E-state index < -0.39 is 0 Å². The number of benzene rings is 3. The molecule has 0 amide bonds. The summed E-state index contributed by atoms with van der Waals surface area (Å²) < 4.78 is 10.6. The maximum atomic E-state index is 12.0. The van der Waals surface area contributed by atoms with E-state index >= 15 is 0 Å². The summed E-state index contributed by atoms with van der Waals surface area (Å²) in [5.74, 6) is 0.386. The highest BCUT2D eigenvalue weighted by atomic mass is 16.5. The van der Waals surface area contributed by atoms with Gasteiger partial charge in [-0.1, -0.05) is 66.7 Å². The largest absolute Gasteiger partial charge is 0.494 e. The molecule has 0 aromatic heterocycles. The van der Waals surface area contributed by atoms with Gasteiger partial charge in [0.1, 0.15) is 5.75 Å². The van der Waals surface area contributed by atoms with Crippen LogP contribution in [0.15, 0.2) is 72.8 Å². The van der Waals surface area contributed by atoms with E-state index in [1.165, 1.54) is 12.7 Å². The summed E-state index contributed by atoms with van der Waals surface area (Å²) in [6.45, 7) is 0.767. The fourth-order valence-corrected chi connectivity index (χ4v) is 3.27. The second-order valence-electron chi connectivity index (χ2n) is 6.45. The van der Waals surface area contributed by atoms with E-state index in [0.717, 1.165) is 35.3 Å². The number of methoxy groups -OCH3 is 2. The zero-order valence-corrected chi connectivity index (χ0v) is 16.3. The first-order valence-corrected chi connectivity index (χ1v) is 9.33. The molecular formula is C24H25NO3. The summed E-state index contributed by atoms with van der Waals surface area (Å²) in [4.78, 5) is 12.0. The van der Waals surface area contributed by atoms with Crippen molar-refractivity contribution in [3.8, 4) is 16.9 Å². The van der Waals surface area contributed by atoms with Crippen molar-refractivity contribution in [3.63, 3.8) is 0 Å². The van der Waals surface area contributed by atoms with Gasteiger partial charge in [-0.3, -0.25) is 4.79 Å². The van der Waals surface area contributed by atoms with Crippen LogP contribution in [0.5, 0.6) is 5.75 Å². The minimum absolute atomic E-state index is 0.151. The van der Waals surface area contributed by atoms with Gasteiger partial charge in [0.2, 0.25) is 0 Å². The number of anilines is 1. The molecule has 0 bridgehead atoms. The minimum atomic E-state index is -0.295. The highest BCUT2D eigenvalue weighted by Crippen LogP contribution is 2.37. The van der Waals surface area contributed by atoms with E-state index in [-0.39, 0.29) is 12.4 Å². The first-order chi connectivity index (χ1) is 13.7. The van der Waals surface area contributed by atoms with Crippen LogP contribution in [0.25, 0.3) is 11.1 Å². The Balaban J connectivity index is 1.90. The molecule has 28 heavy (non-hydrogen) atoms. The second-order valence-corrected chi connectivity index (χ2v) is 6.45. The smallest absolute Gasteiger partial charge is 0.310 e. The highest BCUT2D eigenvalue weighted by molar-refractivity contribution is 5.83. The molecule has 0 unspecified atom stereocenters. The highest BCUT2D eigenvalue weighted by Gasteiger charge is 2.18. The molecule has 0 aliphatic heterocycles. The molecule has 3 aromatic rings. The number of carbonyl (C=O) groups excluding carboxylic acids is 1. The van der Waals surface area contributed by atoms with Crippen molar-refractivity contribution in [3.05, 3.63) is 83.9 Å². The van der Waals surface area contributed by atoms with Crippen LogP contribution >= 0.6 is 0 Å². The average molecular weight is 375 g/mol. The Morgan fingerprint density at radius 1 is 0.893 bits per heavy atom. The fraction of sp³-hybridized carbons (Fsp3) is 0.208. The molecule has 0 fully saturated rings. The predicted molar refractivity (Wildman–Crippen MR) is 113 cm³/mol. The standard InChI is InChI=1S/C24H25NO3/c1-27-23(26)17-21-20(19-11-7-4-8-12-19)13-14-22(24(21)28-2)25-16-15-18-9-5-3-6-10-18/h3-14,25H,15-17H2,1-2H3. The maximum Gasteiger partial charge on any atom is 0.310 e. The number of nitrogens with one attached hydrogen (secondary N) is 1. The lowest BCUT2D eigenvalue weighted by atomic mass is 9.95. The maximum absolute atomic E-state index is 12.0. The van der Waals surface area contributed by atoms with E-state index in [1.54, 1.807) is 7.11 Å². The zero-order chi connectivity index (χ0) is 19.8. The van der Waals surface area contributed by atoms with Gasteiger partial charge in [-0.25, -0.2) is 0 Å². The molecule has 0 saturated carbocycles. The van der Waals surface area contributed by atoms with Crippen LogP contribution in [-0.4, -0.2) is 26.7 Å². The van der Waals surface area contributed by atoms with Crippen molar-refractivity contribution < 1.29 is 14.3 Å². The van der Waals surface area contributed by atoms with Crippen LogP contribution in [0.2, 0.25) is 0 Å². The first-order valence-electron chi connectivity index (χ1n) is 9.33. The fourth-order valence-electron chi connectivity index (χ4n) is 3.27. The molecule has 0 aliphatic rings. The van der Waals surface area contributed by atoms with Gasteiger partial charge in [0.15, 0.2) is 0 Å². The third-order valence-corrected chi connectivity index (χ3v) is 4.67. The molecular weight excluding hydrogens is 350 g/mol. The molecule has 0 atom stereocenters. The quantitative estimate of drug-likeness (QED) is 0.578. The van der Waals surface area contributed by atoms with E-state index in [1.807, 2.05) is 60.7 Å². The van der Waals surface area contributed by atoms with Gasteiger partial charge < -0.3 is 14.8 Å². The molecule has 0 aliphatic carbocycles. The van der Waals surface area contributed by atoms with Crippen molar-refractivity contribution >= 4 is 11.7 Å². The van der Waals surface area contributed by atoms with Crippen LogP contribution < -0.4 is 10.1 Å². The third kappa shape index (κ3) is 4.71. The number of carbonyl (C=O) groups is 1. The summed E-state index contributed by atoms with van der Waals surface area (Å²) in [7, 11) is 3.03. The topological polar surface area (TPSA) is 47.6 Å². The molecule has 0 spiro atoms. The predicted octanol–water partition coefficient (Wildman–Crippen LogP) is 4.73. The van der Waals surface area contributed by atoms with Crippen molar-refractivity contribution in [2.75, 3.05) is 26.1 Å². The molecule has 144 valence electrons. The molecule has 3 aromatic carbocycles. The number of hydrogen-bond donors (Lipinski definition) is 1. The van der Waals surface area contributed by atoms with Gasteiger partial charge in [0, 0.05) is 12.1 Å². The lowest BCUT2D eigenvalue weighted by Gasteiger charge is -2.18. The Morgan fingerprint density at radius 2 is 1.57 bits per heavy atom. The molecule has 0 saturated heterocycles. The molecule has 4 heteroatoms. The van der Waals surface area contributed by atoms with Crippen molar-refractivity contribution in [1.29, 1.82) is 0 Å². The van der Waals surface area contributed by atoms with Crippen molar-refractivity contribution in [1.82, 2.24) is 0 Å². The van der Waals surface area contributed by atoms with E-state index in [0.29, 0.717) is 5.75 Å². The van der Waals surface area contributed by atoms with Crippen molar-refractivity contribution in [2.24, 2.45) is 0 Å². The Hall–Kier alpha value is -3.27. The SMILES string of the molecule is COC(=O)Cc1c(-c2ccccc2)ccc(NCCc2ccccc2)c1OC. The monoisotopic (exact) mass is 375 g/mol. The summed E-state index contributed by atoms with van der Waals surface area (Å²) >= 11 is 0. The lowest BCUT2D eigenvalue weighted by molar-refractivity contribution is -0.139. The molecule has 0 radical (unpaired) electrons. The van der Waals surface area contributed by atoms with Crippen LogP contribution in [0.3, 0.4) is 0 Å². The number of ether oxygens (including phenoxy) is 2. The molecule has 0 heterocycles. The summed E-state index contributed by atoms with van der Waals surface area (Å²) in [6.07, 6.45) is 1.05. The normalized spacial score (nSPS) is 10.4. The molecule has 3 rings (SSSR count). The second kappa shape index (κ2) is 9.60. The number of hydrogen-bond acceptors (Lipinski definition) is 4. The van der Waals surface area contributed by atoms with Crippen LogP contribution in [0.1, 0.15) is 11.1 Å². The first kappa shape index (κ1) is 19.5. The van der Waals surface area contributed by atoms with Crippen LogP contribution in [0.4, 0.5) is 5.69 Å². The Morgan fingerprint density at radius 3 is 2.21 bits per heavy atom. The molecule has 4 nitrogen and oxygen atoms in total. The summed E-state index contributed by atoms with van der Waals surface area (Å²) in [5.41, 5.74) is 4.97. The van der Waals surface area contributed by atoms with Crippen LogP contribution in [-0.2, 0) is 22.4 Å². The molecule has 1 N–H and O–H groups in total. The van der Waals surface area contributed by atoms with Crippen molar-refractivity contribution in [2.45, 2.75) is 12.8 Å². The van der Waals surface area contributed by atoms with Gasteiger partial charge >= 0.3 is 5.97 Å². The minimum Gasteiger partial charge on any atom is -0.494 e. The van der Waals surface area contributed by atoms with Gasteiger partial charge in [0.05, 0.1) is 26.3 Å². The van der Waals surface area contributed by atoms with Crippen LogP contribution in [0, 0.1) is 0 Å². The van der Waals surface area contributed by atoms with Gasteiger partial charge in [-0.05, 0) is 29.2 Å².